The van der Waals surface area contributed by atoms with Gasteiger partial charge in [0.25, 0.3) is 5.91 Å². The van der Waals surface area contributed by atoms with Crippen molar-refractivity contribution in [3.05, 3.63) is 84.1 Å². The van der Waals surface area contributed by atoms with Gasteiger partial charge in [0, 0.05) is 29.5 Å². The van der Waals surface area contributed by atoms with Crippen LogP contribution in [0.3, 0.4) is 0 Å². The minimum Gasteiger partial charge on any atom is -0.463 e. The number of aryl methyl sites for hydroxylation is 1. The van der Waals surface area contributed by atoms with Gasteiger partial charge in [0.1, 0.15) is 11.5 Å². The molecule has 3 heterocycles. The molecule has 170 valence electrons. The molecule has 0 radical (unpaired) electrons. The number of anilines is 2. The number of hydrogen-bond acceptors (Lipinski definition) is 5. The number of nitrogens with one attached hydrogen (secondary N) is 1. The average molecular weight is 451 g/mol. The quantitative estimate of drug-likeness (QED) is 0.322. The van der Waals surface area contributed by atoms with E-state index in [1.54, 1.807) is 12.3 Å². The van der Waals surface area contributed by atoms with E-state index in [4.69, 9.17) is 9.40 Å². The maximum Gasteiger partial charge on any atom is 0.256 e. The zero-order valence-corrected chi connectivity index (χ0v) is 19.5. The lowest BCUT2D eigenvalue weighted by molar-refractivity contribution is 0.102. The molecular formula is C28H26N4O2. The summed E-state index contributed by atoms with van der Waals surface area (Å²) in [5.74, 6) is 1.40. The smallest absolute Gasteiger partial charge is 0.256 e. The lowest BCUT2D eigenvalue weighted by Gasteiger charge is -2.21. The van der Waals surface area contributed by atoms with Crippen molar-refractivity contribution in [3.8, 4) is 11.5 Å². The van der Waals surface area contributed by atoms with Gasteiger partial charge in [-0.15, -0.1) is 0 Å². The predicted octanol–water partition coefficient (Wildman–Crippen LogP) is 6.45. The Labute approximate surface area is 198 Å². The Morgan fingerprint density at radius 3 is 2.47 bits per heavy atom. The van der Waals surface area contributed by atoms with Crippen LogP contribution >= 0.6 is 0 Å². The molecule has 0 unspecified atom stereocenters. The third-order valence-corrected chi connectivity index (χ3v) is 6.08. The number of rotatable bonds is 6. The fourth-order valence-electron chi connectivity index (χ4n) is 4.28. The summed E-state index contributed by atoms with van der Waals surface area (Å²) >= 11 is 0. The molecule has 5 rings (SSSR count). The Morgan fingerprint density at radius 1 is 0.912 bits per heavy atom. The maximum absolute atomic E-state index is 13.4. The van der Waals surface area contributed by atoms with E-state index < -0.39 is 0 Å². The van der Waals surface area contributed by atoms with Gasteiger partial charge < -0.3 is 14.6 Å². The van der Waals surface area contributed by atoms with Gasteiger partial charge in [-0.2, -0.15) is 0 Å². The summed E-state index contributed by atoms with van der Waals surface area (Å²) in [4.78, 5) is 25.1. The number of carbonyl (C=O) groups is 1. The molecule has 0 saturated heterocycles. The third-order valence-electron chi connectivity index (χ3n) is 6.08. The van der Waals surface area contributed by atoms with Crippen LogP contribution in [0.25, 0.3) is 33.3 Å². The van der Waals surface area contributed by atoms with E-state index >= 15 is 0 Å². The van der Waals surface area contributed by atoms with Crippen LogP contribution < -0.4 is 10.2 Å². The number of para-hydroxylation sites is 1. The monoisotopic (exact) mass is 450 g/mol. The van der Waals surface area contributed by atoms with Gasteiger partial charge in [0.05, 0.1) is 22.9 Å². The molecule has 0 spiro atoms. The summed E-state index contributed by atoms with van der Waals surface area (Å²) in [5, 5.41) is 4.87. The molecule has 1 amide bonds. The number of carbonyl (C=O) groups excluding carboxylic acids is 1. The van der Waals surface area contributed by atoms with E-state index in [0.717, 1.165) is 52.0 Å². The molecule has 0 saturated carbocycles. The van der Waals surface area contributed by atoms with Crippen molar-refractivity contribution >= 4 is 39.2 Å². The van der Waals surface area contributed by atoms with Crippen molar-refractivity contribution in [2.75, 3.05) is 23.3 Å². The highest BCUT2D eigenvalue weighted by Crippen LogP contribution is 2.28. The number of nitrogens with zero attached hydrogens (tertiary/aromatic N) is 3. The van der Waals surface area contributed by atoms with Crippen LogP contribution in [-0.4, -0.2) is 29.0 Å². The topological polar surface area (TPSA) is 71.3 Å². The maximum atomic E-state index is 13.4. The first-order valence-electron chi connectivity index (χ1n) is 11.5. The average Bonchev–Trinajstić information content (AvgIpc) is 3.40. The summed E-state index contributed by atoms with van der Waals surface area (Å²) in [6, 6.07) is 21.0. The van der Waals surface area contributed by atoms with E-state index in [0.29, 0.717) is 17.0 Å². The minimum atomic E-state index is -0.198. The summed E-state index contributed by atoms with van der Waals surface area (Å²) in [7, 11) is 0. The van der Waals surface area contributed by atoms with Crippen molar-refractivity contribution in [3.63, 3.8) is 0 Å². The standard InChI is InChI=1S/C28H26N4O2/c1-4-32(5-2)27-15-18(3)21-16-19(12-13-24(21)31-27)29-28(33)22-17-25(26-11-8-14-34-26)30-23-10-7-6-9-20(22)23/h6-17H,4-5H2,1-3H3,(H,29,33). The first-order chi connectivity index (χ1) is 16.6. The van der Waals surface area contributed by atoms with E-state index in [1.165, 1.54) is 0 Å². The number of furan rings is 1. The molecule has 3 aromatic heterocycles. The van der Waals surface area contributed by atoms with Crippen molar-refractivity contribution < 1.29 is 9.21 Å². The number of benzene rings is 2. The van der Waals surface area contributed by atoms with Crippen LogP contribution in [0.5, 0.6) is 0 Å². The molecule has 0 aliphatic heterocycles. The van der Waals surface area contributed by atoms with Gasteiger partial charge in [-0.3, -0.25) is 4.79 Å². The molecule has 5 aromatic rings. The number of fused-ring (bicyclic) bond motifs is 2. The Bertz CT molecular complexity index is 1490. The van der Waals surface area contributed by atoms with Crippen LogP contribution in [0.1, 0.15) is 29.8 Å². The largest absolute Gasteiger partial charge is 0.463 e. The molecule has 0 aliphatic rings. The van der Waals surface area contributed by atoms with Crippen LogP contribution in [0.2, 0.25) is 0 Å². The van der Waals surface area contributed by atoms with Crippen LogP contribution in [0.15, 0.2) is 77.4 Å². The highest BCUT2D eigenvalue weighted by Gasteiger charge is 2.16. The highest BCUT2D eigenvalue weighted by molar-refractivity contribution is 6.13. The Balaban J connectivity index is 1.51. The molecule has 6 heteroatoms. The van der Waals surface area contributed by atoms with Gasteiger partial charge in [0.2, 0.25) is 0 Å². The minimum absolute atomic E-state index is 0.198. The first-order valence-corrected chi connectivity index (χ1v) is 11.5. The molecule has 6 nitrogen and oxygen atoms in total. The predicted molar refractivity (Wildman–Crippen MR) is 137 cm³/mol. The lowest BCUT2D eigenvalue weighted by Crippen LogP contribution is -2.23. The third kappa shape index (κ3) is 3.99. The van der Waals surface area contributed by atoms with Gasteiger partial charge in [-0.05, 0) is 74.9 Å². The zero-order chi connectivity index (χ0) is 23.7. The second kappa shape index (κ2) is 8.98. The fraction of sp³-hybridized carbons (Fsp3) is 0.179. The zero-order valence-electron chi connectivity index (χ0n) is 19.5. The molecule has 1 N–H and O–H groups in total. The van der Waals surface area contributed by atoms with E-state index in [2.05, 4.69) is 42.0 Å². The Hall–Kier alpha value is -4.19. The fourth-order valence-corrected chi connectivity index (χ4v) is 4.28. The summed E-state index contributed by atoms with van der Waals surface area (Å²) in [5.41, 5.74) is 4.66. The summed E-state index contributed by atoms with van der Waals surface area (Å²) in [6.07, 6.45) is 1.60. The van der Waals surface area contributed by atoms with Crippen molar-refractivity contribution in [2.24, 2.45) is 0 Å². The Kier molecular flexibility index (Phi) is 5.72. The van der Waals surface area contributed by atoms with E-state index in [-0.39, 0.29) is 5.91 Å². The van der Waals surface area contributed by atoms with E-state index in [9.17, 15) is 4.79 Å². The summed E-state index contributed by atoms with van der Waals surface area (Å²) in [6.45, 7) is 8.15. The van der Waals surface area contributed by atoms with Gasteiger partial charge >= 0.3 is 0 Å². The van der Waals surface area contributed by atoms with Gasteiger partial charge in [-0.25, -0.2) is 9.97 Å². The molecule has 0 atom stereocenters. The van der Waals surface area contributed by atoms with Crippen LogP contribution in [0, 0.1) is 6.92 Å². The second-order valence-electron chi connectivity index (χ2n) is 8.21. The Morgan fingerprint density at radius 2 is 1.71 bits per heavy atom. The summed E-state index contributed by atoms with van der Waals surface area (Å²) < 4.78 is 5.52. The number of aromatic nitrogens is 2. The number of hydrogen-bond donors (Lipinski definition) is 1. The lowest BCUT2D eigenvalue weighted by atomic mass is 10.1. The van der Waals surface area contributed by atoms with Crippen molar-refractivity contribution in [1.82, 2.24) is 9.97 Å². The SMILES string of the molecule is CCN(CC)c1cc(C)c2cc(NC(=O)c3cc(-c4ccco4)nc4ccccc34)ccc2n1. The number of pyridine rings is 2. The van der Waals surface area contributed by atoms with Crippen molar-refractivity contribution in [1.29, 1.82) is 0 Å². The first kappa shape index (κ1) is 21.6. The highest BCUT2D eigenvalue weighted by atomic mass is 16.3. The van der Waals surface area contributed by atoms with Crippen LogP contribution in [-0.2, 0) is 0 Å². The molecule has 34 heavy (non-hydrogen) atoms. The van der Waals surface area contributed by atoms with Crippen LogP contribution in [0.4, 0.5) is 11.5 Å². The van der Waals surface area contributed by atoms with Gasteiger partial charge in [0.15, 0.2) is 5.76 Å². The molecule has 0 bridgehead atoms. The second-order valence-corrected chi connectivity index (χ2v) is 8.21. The van der Waals surface area contributed by atoms with E-state index in [1.807, 2.05) is 54.6 Å². The van der Waals surface area contributed by atoms with Crippen molar-refractivity contribution in [2.45, 2.75) is 20.8 Å². The normalized spacial score (nSPS) is 11.1. The number of amides is 1. The molecule has 0 aliphatic carbocycles. The molecule has 0 fully saturated rings. The molecular weight excluding hydrogens is 424 g/mol. The molecule has 2 aromatic carbocycles. The van der Waals surface area contributed by atoms with Gasteiger partial charge in [-0.1, -0.05) is 18.2 Å².